The molecule has 0 nitrogen and oxygen atoms in total. The van der Waals surface area contributed by atoms with E-state index in [0.29, 0.717) is 0 Å². The van der Waals surface area contributed by atoms with Gasteiger partial charge in [-0.15, -0.1) is 0 Å². The van der Waals surface area contributed by atoms with E-state index in [1.54, 1.807) is 19.3 Å². The zero-order valence-electron chi connectivity index (χ0n) is 11.0. The Morgan fingerprint density at radius 3 is 2.13 bits per heavy atom. The lowest BCUT2D eigenvalue weighted by Gasteiger charge is -2.37. The minimum Gasteiger partial charge on any atom is -0.0654 e. The highest BCUT2D eigenvalue weighted by Crippen LogP contribution is 2.57. The molecule has 0 spiro atoms. The molecule has 0 aromatic rings. The third kappa shape index (κ3) is 1.97. The van der Waals surface area contributed by atoms with Crippen LogP contribution in [0.25, 0.3) is 0 Å². The van der Waals surface area contributed by atoms with Crippen LogP contribution in [0.1, 0.15) is 59.8 Å². The van der Waals surface area contributed by atoms with Gasteiger partial charge in [-0.3, -0.25) is 0 Å². The average molecular weight is 208 g/mol. The Labute approximate surface area is 95.8 Å². The highest BCUT2D eigenvalue weighted by Gasteiger charge is 2.49. The summed E-state index contributed by atoms with van der Waals surface area (Å²) in [6.45, 7) is 9.77. The molecule has 5 atom stereocenters. The van der Waals surface area contributed by atoms with E-state index < -0.39 is 0 Å². The lowest BCUT2D eigenvalue weighted by atomic mass is 9.68. The molecule has 2 saturated carbocycles. The largest absolute Gasteiger partial charge is 0.0654 e. The van der Waals surface area contributed by atoms with Crippen LogP contribution >= 0.6 is 0 Å². The van der Waals surface area contributed by atoms with Gasteiger partial charge in [0.25, 0.3) is 0 Å². The quantitative estimate of drug-likeness (QED) is 0.626. The summed E-state index contributed by atoms with van der Waals surface area (Å²) in [4.78, 5) is 0. The fraction of sp³-hybridized carbons (Fsp3) is 1.00. The molecule has 2 bridgehead atoms. The van der Waals surface area contributed by atoms with Gasteiger partial charge in [0.05, 0.1) is 0 Å². The van der Waals surface area contributed by atoms with Crippen molar-refractivity contribution in [3.8, 4) is 0 Å². The van der Waals surface area contributed by atoms with Crippen LogP contribution in [-0.4, -0.2) is 0 Å². The van der Waals surface area contributed by atoms with Gasteiger partial charge in [0, 0.05) is 0 Å². The molecule has 2 aliphatic carbocycles. The van der Waals surface area contributed by atoms with Crippen molar-refractivity contribution in [1.82, 2.24) is 0 Å². The van der Waals surface area contributed by atoms with Gasteiger partial charge in [-0.2, -0.15) is 0 Å². The van der Waals surface area contributed by atoms with Crippen LogP contribution in [0.3, 0.4) is 0 Å². The highest BCUT2D eigenvalue weighted by atomic mass is 14.5. The lowest BCUT2D eigenvalue weighted by molar-refractivity contribution is 0.111. The summed E-state index contributed by atoms with van der Waals surface area (Å²) in [6.07, 6.45) is 7.49. The van der Waals surface area contributed by atoms with Crippen LogP contribution < -0.4 is 0 Å². The summed E-state index contributed by atoms with van der Waals surface area (Å²) >= 11 is 0. The van der Waals surface area contributed by atoms with Crippen molar-refractivity contribution in [2.24, 2.45) is 35.5 Å². The molecule has 2 aliphatic rings. The van der Waals surface area contributed by atoms with Gasteiger partial charge in [0.2, 0.25) is 0 Å². The monoisotopic (exact) mass is 208 g/mol. The van der Waals surface area contributed by atoms with Gasteiger partial charge in [-0.05, 0) is 54.8 Å². The van der Waals surface area contributed by atoms with E-state index in [4.69, 9.17) is 0 Å². The van der Waals surface area contributed by atoms with Crippen LogP contribution in [0, 0.1) is 35.5 Å². The molecule has 15 heavy (non-hydrogen) atoms. The third-order valence-corrected chi connectivity index (χ3v) is 5.22. The van der Waals surface area contributed by atoms with Crippen molar-refractivity contribution in [2.75, 3.05) is 0 Å². The smallest absolute Gasteiger partial charge is 0.0326 e. The topological polar surface area (TPSA) is 0 Å². The molecule has 0 radical (unpaired) electrons. The van der Waals surface area contributed by atoms with Gasteiger partial charge in [-0.25, -0.2) is 0 Å². The molecule has 2 fully saturated rings. The Balaban J connectivity index is 2.07. The summed E-state index contributed by atoms with van der Waals surface area (Å²) in [5.41, 5.74) is 0. The molecular formula is C15H28. The van der Waals surface area contributed by atoms with Crippen molar-refractivity contribution in [2.45, 2.75) is 59.8 Å². The molecule has 0 N–H and O–H groups in total. The molecule has 0 heteroatoms. The SMILES string of the molecule is CCCC(C)C1C(C(C)C)[C@@H]2CC[C@H]1C2. The second-order valence-electron chi connectivity index (χ2n) is 6.50. The van der Waals surface area contributed by atoms with Crippen molar-refractivity contribution >= 4 is 0 Å². The molecule has 0 amide bonds. The fourth-order valence-electron chi connectivity index (χ4n) is 4.86. The van der Waals surface area contributed by atoms with Gasteiger partial charge in [0.15, 0.2) is 0 Å². The standard InChI is InChI=1S/C15H28/c1-5-6-11(4)15-13-8-7-12(9-13)14(15)10(2)3/h10-15H,5-9H2,1-4H3/t11?,12-,13+,14?,15?/m1/s1. The maximum Gasteiger partial charge on any atom is -0.0326 e. The third-order valence-electron chi connectivity index (χ3n) is 5.22. The van der Waals surface area contributed by atoms with Crippen molar-refractivity contribution in [3.63, 3.8) is 0 Å². The zero-order chi connectivity index (χ0) is 11.0. The number of fused-ring (bicyclic) bond motifs is 2. The fourth-order valence-corrected chi connectivity index (χ4v) is 4.86. The number of hydrogen-bond donors (Lipinski definition) is 0. The predicted molar refractivity (Wildman–Crippen MR) is 66.7 cm³/mol. The van der Waals surface area contributed by atoms with Gasteiger partial charge in [0.1, 0.15) is 0 Å². The first-order valence-electron chi connectivity index (χ1n) is 7.15. The Bertz CT molecular complexity index is 206. The van der Waals surface area contributed by atoms with Gasteiger partial charge < -0.3 is 0 Å². The maximum absolute atomic E-state index is 2.52. The van der Waals surface area contributed by atoms with E-state index in [1.165, 1.54) is 12.8 Å². The first kappa shape index (κ1) is 11.5. The molecule has 3 unspecified atom stereocenters. The summed E-state index contributed by atoms with van der Waals surface area (Å²) in [5.74, 6) is 6.24. The van der Waals surface area contributed by atoms with E-state index in [9.17, 15) is 0 Å². The van der Waals surface area contributed by atoms with E-state index in [-0.39, 0.29) is 0 Å². The van der Waals surface area contributed by atoms with E-state index in [2.05, 4.69) is 27.7 Å². The summed E-state index contributed by atoms with van der Waals surface area (Å²) in [7, 11) is 0. The Morgan fingerprint density at radius 1 is 1.00 bits per heavy atom. The Hall–Kier alpha value is 0. The van der Waals surface area contributed by atoms with Crippen molar-refractivity contribution in [3.05, 3.63) is 0 Å². The molecular weight excluding hydrogens is 180 g/mol. The number of rotatable bonds is 4. The second-order valence-corrected chi connectivity index (χ2v) is 6.50. The van der Waals surface area contributed by atoms with Crippen LogP contribution in [0.15, 0.2) is 0 Å². The number of hydrogen-bond acceptors (Lipinski definition) is 0. The van der Waals surface area contributed by atoms with Crippen molar-refractivity contribution < 1.29 is 0 Å². The Morgan fingerprint density at radius 2 is 1.60 bits per heavy atom. The lowest BCUT2D eigenvalue weighted by Crippen LogP contribution is -2.31. The van der Waals surface area contributed by atoms with Crippen LogP contribution in [0.4, 0.5) is 0 Å². The summed E-state index contributed by atoms with van der Waals surface area (Å²) in [5, 5.41) is 0. The minimum absolute atomic E-state index is 0.921. The molecule has 0 aliphatic heterocycles. The first-order chi connectivity index (χ1) is 7.15. The van der Waals surface area contributed by atoms with E-state index in [1.807, 2.05) is 0 Å². The summed E-state index contributed by atoms with van der Waals surface area (Å²) < 4.78 is 0. The van der Waals surface area contributed by atoms with Crippen LogP contribution in [0.2, 0.25) is 0 Å². The van der Waals surface area contributed by atoms with E-state index in [0.717, 1.165) is 35.5 Å². The highest BCUT2D eigenvalue weighted by molar-refractivity contribution is 4.98. The van der Waals surface area contributed by atoms with Gasteiger partial charge in [-0.1, -0.05) is 40.5 Å². The normalized spacial score (nSPS) is 41.4. The molecule has 2 rings (SSSR count). The second kappa shape index (κ2) is 4.47. The predicted octanol–water partition coefficient (Wildman–Crippen LogP) is 4.74. The average Bonchev–Trinajstić information content (AvgIpc) is 2.76. The van der Waals surface area contributed by atoms with Crippen LogP contribution in [-0.2, 0) is 0 Å². The molecule has 0 heterocycles. The molecule has 88 valence electrons. The molecule has 0 aromatic carbocycles. The minimum atomic E-state index is 0.921. The Kier molecular flexibility index (Phi) is 3.42. The molecule has 0 aromatic heterocycles. The maximum atomic E-state index is 2.52. The van der Waals surface area contributed by atoms with Crippen molar-refractivity contribution in [1.29, 1.82) is 0 Å². The summed E-state index contributed by atoms with van der Waals surface area (Å²) in [6, 6.07) is 0. The van der Waals surface area contributed by atoms with Crippen LogP contribution in [0.5, 0.6) is 0 Å². The first-order valence-corrected chi connectivity index (χ1v) is 7.15. The van der Waals surface area contributed by atoms with Gasteiger partial charge >= 0.3 is 0 Å². The molecule has 0 saturated heterocycles. The zero-order valence-corrected chi connectivity index (χ0v) is 11.0. The van der Waals surface area contributed by atoms with E-state index >= 15 is 0 Å².